The van der Waals surface area contributed by atoms with E-state index in [1.54, 1.807) is 11.3 Å². The van der Waals surface area contributed by atoms with Gasteiger partial charge in [-0.3, -0.25) is 9.59 Å². The van der Waals surface area contributed by atoms with Gasteiger partial charge in [0.15, 0.2) is 5.13 Å². The van der Waals surface area contributed by atoms with Crippen molar-refractivity contribution >= 4 is 45.3 Å². The molecule has 1 aromatic carbocycles. The molecule has 5 nitrogen and oxygen atoms in total. The minimum Gasteiger partial charge on any atom is -0.326 e. The number of nitrogens with one attached hydrogen (secondary N) is 2. The van der Waals surface area contributed by atoms with E-state index in [0.29, 0.717) is 18.0 Å². The highest BCUT2D eigenvalue weighted by Crippen LogP contribution is 2.30. The van der Waals surface area contributed by atoms with Crippen LogP contribution in [-0.4, -0.2) is 16.8 Å². The molecule has 4 rings (SSSR count). The van der Waals surface area contributed by atoms with Gasteiger partial charge in [0.25, 0.3) is 0 Å². The smallest absolute Gasteiger partial charge is 0.231 e. The highest BCUT2D eigenvalue weighted by molar-refractivity contribution is 7.14. The molecule has 0 radical (unpaired) electrons. The Morgan fingerprint density at radius 3 is 3.00 bits per heavy atom. The maximum absolute atomic E-state index is 12.1. The molecular weight excluding hydrogens is 354 g/mol. The predicted octanol–water partition coefficient (Wildman–Crippen LogP) is 3.94. The maximum Gasteiger partial charge on any atom is 0.231 e. The lowest BCUT2D eigenvalue weighted by atomic mass is 9.99. The molecule has 2 N–H and O–H groups in total. The molecule has 0 bridgehead atoms. The van der Waals surface area contributed by atoms with Crippen LogP contribution in [-0.2, 0) is 22.4 Å². The predicted molar refractivity (Wildman–Crippen MR) is 101 cm³/mol. The Morgan fingerprint density at radius 2 is 2.16 bits per heavy atom. The SMILES string of the molecule is O=C(Cc1cccs1)Nc1nc(-c2ccc3c(c2)CCC(=O)N3)cs1. The van der Waals surface area contributed by atoms with Gasteiger partial charge in [0.05, 0.1) is 12.1 Å². The molecule has 7 heteroatoms. The molecule has 0 fully saturated rings. The van der Waals surface area contributed by atoms with E-state index in [0.717, 1.165) is 33.8 Å². The van der Waals surface area contributed by atoms with Crippen LogP contribution in [0.4, 0.5) is 10.8 Å². The molecule has 2 aromatic heterocycles. The third kappa shape index (κ3) is 3.62. The number of rotatable bonds is 4. The Kier molecular flexibility index (Phi) is 4.33. The lowest BCUT2D eigenvalue weighted by Gasteiger charge is -2.17. The molecule has 0 aliphatic carbocycles. The number of thiazole rings is 1. The monoisotopic (exact) mass is 369 g/mol. The van der Waals surface area contributed by atoms with E-state index in [9.17, 15) is 9.59 Å². The van der Waals surface area contributed by atoms with E-state index in [2.05, 4.69) is 21.7 Å². The summed E-state index contributed by atoms with van der Waals surface area (Å²) < 4.78 is 0. The van der Waals surface area contributed by atoms with Crippen molar-refractivity contribution in [3.8, 4) is 11.3 Å². The van der Waals surface area contributed by atoms with E-state index in [4.69, 9.17) is 0 Å². The Bertz CT molecular complexity index is 932. The maximum atomic E-state index is 12.1. The first-order chi connectivity index (χ1) is 12.2. The van der Waals surface area contributed by atoms with Crippen LogP contribution in [0.2, 0.25) is 0 Å². The van der Waals surface area contributed by atoms with Crippen LogP contribution < -0.4 is 10.6 Å². The number of carbonyl (C=O) groups excluding carboxylic acids is 2. The third-order valence-corrected chi connectivity index (χ3v) is 5.60. The van der Waals surface area contributed by atoms with Crippen molar-refractivity contribution in [1.29, 1.82) is 0 Å². The van der Waals surface area contributed by atoms with Gasteiger partial charge in [0.1, 0.15) is 0 Å². The summed E-state index contributed by atoms with van der Waals surface area (Å²) in [5.41, 5.74) is 3.81. The fourth-order valence-electron chi connectivity index (χ4n) is 2.74. The van der Waals surface area contributed by atoms with Gasteiger partial charge in [-0.25, -0.2) is 4.98 Å². The van der Waals surface area contributed by atoms with Gasteiger partial charge in [0.2, 0.25) is 11.8 Å². The summed E-state index contributed by atoms with van der Waals surface area (Å²) in [6.07, 6.45) is 1.62. The van der Waals surface area contributed by atoms with Crippen molar-refractivity contribution in [3.63, 3.8) is 0 Å². The van der Waals surface area contributed by atoms with Gasteiger partial charge >= 0.3 is 0 Å². The van der Waals surface area contributed by atoms with Crippen molar-refractivity contribution < 1.29 is 9.59 Å². The number of nitrogens with zero attached hydrogens (tertiary/aromatic N) is 1. The molecule has 0 spiro atoms. The van der Waals surface area contributed by atoms with Crippen LogP contribution in [0.5, 0.6) is 0 Å². The zero-order valence-corrected chi connectivity index (χ0v) is 14.9. The number of aromatic nitrogens is 1. The van der Waals surface area contributed by atoms with Crippen LogP contribution in [0, 0.1) is 0 Å². The molecule has 0 unspecified atom stereocenters. The van der Waals surface area contributed by atoms with Crippen LogP contribution in [0.1, 0.15) is 16.9 Å². The zero-order valence-electron chi connectivity index (χ0n) is 13.2. The van der Waals surface area contributed by atoms with Gasteiger partial charge < -0.3 is 10.6 Å². The molecule has 25 heavy (non-hydrogen) atoms. The minimum absolute atomic E-state index is 0.0588. The number of benzene rings is 1. The highest BCUT2D eigenvalue weighted by Gasteiger charge is 2.16. The third-order valence-electron chi connectivity index (χ3n) is 3.96. The Morgan fingerprint density at radius 1 is 1.24 bits per heavy atom. The summed E-state index contributed by atoms with van der Waals surface area (Å²) in [5.74, 6) is 0.00107. The fourth-order valence-corrected chi connectivity index (χ4v) is 4.18. The van der Waals surface area contributed by atoms with Crippen LogP contribution >= 0.6 is 22.7 Å². The van der Waals surface area contributed by atoms with Crippen molar-refractivity contribution in [2.45, 2.75) is 19.3 Å². The summed E-state index contributed by atoms with van der Waals surface area (Å²) in [6, 6.07) is 9.80. The zero-order chi connectivity index (χ0) is 17.2. The average Bonchev–Trinajstić information content (AvgIpc) is 3.26. The quantitative estimate of drug-likeness (QED) is 0.732. The molecule has 0 saturated carbocycles. The van der Waals surface area contributed by atoms with E-state index in [-0.39, 0.29) is 11.8 Å². The van der Waals surface area contributed by atoms with Crippen LogP contribution in [0.25, 0.3) is 11.3 Å². The first kappa shape index (κ1) is 16.0. The molecule has 1 aliphatic heterocycles. The van der Waals surface area contributed by atoms with Crippen molar-refractivity contribution in [2.24, 2.45) is 0 Å². The van der Waals surface area contributed by atoms with Gasteiger partial charge in [-0.2, -0.15) is 0 Å². The Balaban J connectivity index is 1.47. The molecule has 0 atom stereocenters. The lowest BCUT2D eigenvalue weighted by molar-refractivity contribution is -0.116. The lowest BCUT2D eigenvalue weighted by Crippen LogP contribution is -2.18. The molecule has 2 amide bonds. The summed E-state index contributed by atoms with van der Waals surface area (Å²) in [7, 11) is 0. The van der Waals surface area contributed by atoms with Gasteiger partial charge in [0, 0.05) is 27.9 Å². The molecule has 126 valence electrons. The average molecular weight is 369 g/mol. The second-order valence-corrected chi connectivity index (χ2v) is 7.65. The number of aryl methyl sites for hydroxylation is 1. The number of thiophene rings is 1. The van der Waals surface area contributed by atoms with Crippen LogP contribution in [0.15, 0.2) is 41.1 Å². The molecule has 3 aromatic rings. The van der Waals surface area contributed by atoms with Crippen LogP contribution in [0.3, 0.4) is 0 Å². The van der Waals surface area contributed by atoms with Gasteiger partial charge in [-0.1, -0.05) is 12.1 Å². The standard InChI is InChI=1S/C18H15N3O2S2/c22-16-6-4-11-8-12(3-5-14(11)19-16)15-10-25-18(20-15)21-17(23)9-13-2-1-7-24-13/h1-3,5,7-8,10H,4,6,9H2,(H,19,22)(H,20,21,23). The summed E-state index contributed by atoms with van der Waals surface area (Å²) in [4.78, 5) is 29.1. The first-order valence-electron chi connectivity index (χ1n) is 7.88. The second-order valence-electron chi connectivity index (χ2n) is 5.76. The van der Waals surface area contributed by atoms with Gasteiger partial charge in [-0.05, 0) is 35.6 Å². The van der Waals surface area contributed by atoms with Crippen molar-refractivity contribution in [1.82, 2.24) is 4.98 Å². The number of hydrogen-bond acceptors (Lipinski definition) is 5. The second kappa shape index (κ2) is 6.78. The molecule has 1 aliphatic rings. The molecule has 0 saturated heterocycles. The van der Waals surface area contributed by atoms with E-state index >= 15 is 0 Å². The minimum atomic E-state index is -0.0588. The summed E-state index contributed by atoms with van der Waals surface area (Å²) >= 11 is 2.98. The fraction of sp³-hybridized carbons (Fsp3) is 0.167. The topological polar surface area (TPSA) is 71.1 Å². The van der Waals surface area contributed by atoms with E-state index < -0.39 is 0 Å². The Hall–Kier alpha value is -2.51. The number of fused-ring (bicyclic) bond motifs is 1. The largest absolute Gasteiger partial charge is 0.326 e. The highest BCUT2D eigenvalue weighted by atomic mass is 32.1. The number of carbonyl (C=O) groups is 2. The summed E-state index contributed by atoms with van der Waals surface area (Å²) in [6.45, 7) is 0. The van der Waals surface area contributed by atoms with Gasteiger partial charge in [-0.15, -0.1) is 22.7 Å². The normalized spacial score (nSPS) is 13.2. The number of amides is 2. The number of anilines is 2. The van der Waals surface area contributed by atoms with Crippen molar-refractivity contribution in [2.75, 3.05) is 10.6 Å². The Labute approximate surface area is 152 Å². The number of hydrogen-bond donors (Lipinski definition) is 2. The van der Waals surface area contributed by atoms with Crippen molar-refractivity contribution in [3.05, 3.63) is 51.5 Å². The van der Waals surface area contributed by atoms with E-state index in [1.165, 1.54) is 11.3 Å². The molecular formula is C18H15N3O2S2. The van der Waals surface area contributed by atoms with E-state index in [1.807, 2.05) is 35.0 Å². The first-order valence-corrected chi connectivity index (χ1v) is 9.64. The molecule has 3 heterocycles. The summed E-state index contributed by atoms with van der Waals surface area (Å²) in [5, 5.41) is 10.2.